The average molecular weight is 256 g/mol. The summed E-state index contributed by atoms with van der Waals surface area (Å²) in [7, 11) is 0. The van der Waals surface area contributed by atoms with Crippen molar-refractivity contribution in [1.82, 2.24) is 0 Å². The Bertz CT molecular complexity index is 293. The molecule has 2 aliphatic rings. The fourth-order valence-electron chi connectivity index (χ4n) is 0.860. The molecule has 0 spiro atoms. The van der Waals surface area contributed by atoms with Gasteiger partial charge in [-0.15, -0.1) is 0 Å². The first-order chi connectivity index (χ1) is 6.95. The van der Waals surface area contributed by atoms with Crippen LogP contribution in [0.1, 0.15) is 0 Å². The minimum atomic E-state index is 1.34. The Morgan fingerprint density at radius 1 is 0.643 bits per heavy atom. The summed E-state index contributed by atoms with van der Waals surface area (Å²) >= 11 is 7.10. The van der Waals surface area contributed by atoms with Crippen molar-refractivity contribution >= 4 is 47.0 Å². The van der Waals surface area contributed by atoms with Gasteiger partial charge in [0.2, 0.25) is 0 Å². The number of allylic oxidation sites excluding steroid dienone is 4. The molecule has 0 aliphatic carbocycles. The van der Waals surface area contributed by atoms with E-state index in [1.807, 2.05) is 0 Å². The van der Waals surface area contributed by atoms with E-state index < -0.39 is 0 Å². The molecule has 72 valence electrons. The van der Waals surface area contributed by atoms with Crippen LogP contribution in [-0.2, 0) is 0 Å². The van der Waals surface area contributed by atoms with E-state index in [9.17, 15) is 0 Å². The van der Waals surface area contributed by atoms with Gasteiger partial charge in [-0.2, -0.15) is 0 Å². The SMILES string of the molecule is C(=CC=C1SC=CS1)C=C1SC=CS1. The van der Waals surface area contributed by atoms with Gasteiger partial charge in [0.15, 0.2) is 0 Å². The van der Waals surface area contributed by atoms with Gasteiger partial charge in [0.25, 0.3) is 0 Å². The number of thioether (sulfide) groups is 4. The molecule has 2 heterocycles. The molecule has 4 heteroatoms. The zero-order valence-corrected chi connectivity index (χ0v) is 10.5. The van der Waals surface area contributed by atoms with Gasteiger partial charge >= 0.3 is 0 Å². The van der Waals surface area contributed by atoms with E-state index in [1.165, 1.54) is 8.47 Å². The summed E-state index contributed by atoms with van der Waals surface area (Å²) in [4.78, 5) is 0. The highest BCUT2D eigenvalue weighted by Gasteiger charge is 1.99. The molecule has 2 rings (SSSR count). The predicted octanol–water partition coefficient (Wildman–Crippen LogP) is 5.13. The second kappa shape index (κ2) is 5.85. The van der Waals surface area contributed by atoms with Gasteiger partial charge in [-0.1, -0.05) is 59.2 Å². The van der Waals surface area contributed by atoms with Crippen LogP contribution in [0.5, 0.6) is 0 Å². The molecular weight excluding hydrogens is 248 g/mol. The predicted molar refractivity (Wildman–Crippen MR) is 74.0 cm³/mol. The van der Waals surface area contributed by atoms with Crippen molar-refractivity contribution in [2.24, 2.45) is 0 Å². The summed E-state index contributed by atoms with van der Waals surface area (Å²) < 4.78 is 2.68. The van der Waals surface area contributed by atoms with Crippen molar-refractivity contribution < 1.29 is 0 Å². The van der Waals surface area contributed by atoms with E-state index in [2.05, 4.69) is 45.9 Å². The molecule has 0 aromatic heterocycles. The third-order valence-electron chi connectivity index (χ3n) is 1.42. The van der Waals surface area contributed by atoms with Crippen LogP contribution in [-0.4, -0.2) is 0 Å². The third kappa shape index (κ3) is 3.35. The molecule has 0 N–H and O–H groups in total. The summed E-state index contributed by atoms with van der Waals surface area (Å²) in [6.07, 6.45) is 8.47. The molecule has 0 unspecified atom stereocenters. The Hall–Kier alpha value is 0.1000. The fourth-order valence-corrected chi connectivity index (χ4v) is 4.03. The van der Waals surface area contributed by atoms with Crippen LogP contribution < -0.4 is 0 Å². The summed E-state index contributed by atoms with van der Waals surface area (Å²) in [5, 5.41) is 8.43. The molecule has 0 aromatic rings. The first-order valence-corrected chi connectivity index (χ1v) is 7.52. The lowest BCUT2D eigenvalue weighted by Gasteiger charge is -1.89. The van der Waals surface area contributed by atoms with Crippen molar-refractivity contribution in [3.05, 3.63) is 54.4 Å². The lowest BCUT2D eigenvalue weighted by Crippen LogP contribution is -1.59. The van der Waals surface area contributed by atoms with Crippen LogP contribution in [0.15, 0.2) is 54.4 Å². The maximum Gasteiger partial charge on any atom is 0.0487 e. The first-order valence-electron chi connectivity index (χ1n) is 4.00. The molecule has 0 fully saturated rings. The summed E-state index contributed by atoms with van der Waals surface area (Å²) in [5.74, 6) is 0. The van der Waals surface area contributed by atoms with E-state index in [0.717, 1.165) is 0 Å². The minimum absolute atomic E-state index is 1.34. The van der Waals surface area contributed by atoms with Gasteiger partial charge in [-0.3, -0.25) is 0 Å². The molecule has 2 aliphatic heterocycles. The third-order valence-corrected chi connectivity index (χ3v) is 5.49. The van der Waals surface area contributed by atoms with Gasteiger partial charge in [-0.25, -0.2) is 0 Å². The van der Waals surface area contributed by atoms with Crippen molar-refractivity contribution in [1.29, 1.82) is 0 Å². The molecule has 0 saturated heterocycles. The van der Waals surface area contributed by atoms with E-state index in [-0.39, 0.29) is 0 Å². The second-order valence-corrected chi connectivity index (χ2v) is 6.68. The average Bonchev–Trinajstić information content (AvgIpc) is 2.86. The highest BCUT2D eigenvalue weighted by molar-refractivity contribution is 8.27. The van der Waals surface area contributed by atoms with Crippen LogP contribution in [0.25, 0.3) is 0 Å². The number of rotatable bonds is 2. The topological polar surface area (TPSA) is 0 Å². The van der Waals surface area contributed by atoms with E-state index in [1.54, 1.807) is 47.0 Å². The van der Waals surface area contributed by atoms with Crippen molar-refractivity contribution in [2.75, 3.05) is 0 Å². The number of hydrogen-bond donors (Lipinski definition) is 0. The second-order valence-electron chi connectivity index (χ2n) is 2.37. The summed E-state index contributed by atoms with van der Waals surface area (Å²) in [6.45, 7) is 0. The first kappa shape index (κ1) is 10.6. The Morgan fingerprint density at radius 3 is 1.36 bits per heavy atom. The molecule has 0 aromatic carbocycles. The monoisotopic (exact) mass is 256 g/mol. The van der Waals surface area contributed by atoms with E-state index >= 15 is 0 Å². The summed E-state index contributed by atoms with van der Waals surface area (Å²) in [6, 6.07) is 0. The maximum atomic E-state index is 2.14. The zero-order valence-electron chi connectivity index (χ0n) is 7.25. The Balaban J connectivity index is 1.82. The molecule has 0 radical (unpaired) electrons. The van der Waals surface area contributed by atoms with Crippen LogP contribution in [0.4, 0.5) is 0 Å². The largest absolute Gasteiger partial charge is 0.0902 e. The molecule has 0 amide bonds. The van der Waals surface area contributed by atoms with Crippen LogP contribution >= 0.6 is 47.0 Å². The normalized spacial score (nSPS) is 20.0. The Morgan fingerprint density at radius 2 is 1.00 bits per heavy atom. The molecular formula is C10H8S4. The summed E-state index contributed by atoms with van der Waals surface area (Å²) in [5.41, 5.74) is 0. The highest BCUT2D eigenvalue weighted by atomic mass is 32.2. The standard InChI is InChI=1S/C10H8S4/c1(3-9-11-5-6-12-9)2-4-10-13-7-8-14-10/h1-8H. The van der Waals surface area contributed by atoms with Crippen LogP contribution in [0.2, 0.25) is 0 Å². The van der Waals surface area contributed by atoms with Crippen molar-refractivity contribution in [3.8, 4) is 0 Å². The van der Waals surface area contributed by atoms with Crippen molar-refractivity contribution in [2.45, 2.75) is 0 Å². The molecule has 0 nitrogen and oxygen atoms in total. The molecule has 0 saturated carbocycles. The lowest BCUT2D eigenvalue weighted by molar-refractivity contribution is 1.94. The van der Waals surface area contributed by atoms with E-state index in [0.29, 0.717) is 0 Å². The zero-order chi connectivity index (χ0) is 9.64. The molecule has 14 heavy (non-hydrogen) atoms. The van der Waals surface area contributed by atoms with Crippen LogP contribution in [0.3, 0.4) is 0 Å². The van der Waals surface area contributed by atoms with Gasteiger partial charge in [0, 0.05) is 8.47 Å². The van der Waals surface area contributed by atoms with Gasteiger partial charge in [0.05, 0.1) is 0 Å². The van der Waals surface area contributed by atoms with Crippen LogP contribution in [0, 0.1) is 0 Å². The quantitative estimate of drug-likeness (QED) is 0.671. The molecule has 0 atom stereocenters. The van der Waals surface area contributed by atoms with E-state index in [4.69, 9.17) is 0 Å². The van der Waals surface area contributed by atoms with Crippen molar-refractivity contribution in [3.63, 3.8) is 0 Å². The Labute approximate surface area is 101 Å². The van der Waals surface area contributed by atoms with Gasteiger partial charge in [-0.05, 0) is 33.8 Å². The lowest BCUT2D eigenvalue weighted by atomic mass is 10.5. The molecule has 0 bridgehead atoms. The minimum Gasteiger partial charge on any atom is -0.0902 e. The fraction of sp³-hybridized carbons (Fsp3) is 0. The smallest absolute Gasteiger partial charge is 0.0487 e. The van der Waals surface area contributed by atoms with Gasteiger partial charge < -0.3 is 0 Å². The highest BCUT2D eigenvalue weighted by Crippen LogP contribution is 2.38. The maximum absolute atomic E-state index is 2.14. The number of hydrogen-bond acceptors (Lipinski definition) is 4. The Kier molecular flexibility index (Phi) is 4.44. The van der Waals surface area contributed by atoms with Gasteiger partial charge in [0.1, 0.15) is 0 Å².